The van der Waals surface area contributed by atoms with Crippen molar-refractivity contribution >= 4 is 0 Å². The van der Waals surface area contributed by atoms with Gasteiger partial charge in [-0.2, -0.15) is 13.2 Å². The highest BCUT2D eigenvalue weighted by molar-refractivity contribution is 5.42. The minimum absolute atomic E-state index is 0.264. The molecule has 1 aliphatic rings. The number of alkyl halides is 3. The monoisotopic (exact) mass is 388 g/mol. The average molecular weight is 388 g/mol. The van der Waals surface area contributed by atoms with Gasteiger partial charge in [-0.1, -0.05) is 13.0 Å². The molecule has 3 aromatic rings. The van der Waals surface area contributed by atoms with Crippen molar-refractivity contribution in [1.29, 1.82) is 0 Å². The Labute approximate surface area is 159 Å². The van der Waals surface area contributed by atoms with E-state index in [1.165, 1.54) is 16.8 Å². The van der Waals surface area contributed by atoms with E-state index in [1.807, 2.05) is 25.1 Å². The Morgan fingerprint density at radius 3 is 2.39 bits per heavy atom. The Kier molecular flexibility index (Phi) is 4.45. The summed E-state index contributed by atoms with van der Waals surface area (Å²) in [7, 11) is 0. The summed E-state index contributed by atoms with van der Waals surface area (Å²) in [5.41, 5.74) is 0.140. The fourth-order valence-corrected chi connectivity index (χ4v) is 3.30. The van der Waals surface area contributed by atoms with Crippen molar-refractivity contribution in [3.05, 3.63) is 71.6 Å². The Balaban J connectivity index is 1.82. The highest BCUT2D eigenvalue weighted by Gasteiger charge is 2.51. The van der Waals surface area contributed by atoms with Crippen LogP contribution in [-0.4, -0.2) is 24.9 Å². The summed E-state index contributed by atoms with van der Waals surface area (Å²) in [6.45, 7) is 1.81. The van der Waals surface area contributed by atoms with Crippen molar-refractivity contribution in [2.24, 2.45) is 0 Å². The largest absolute Gasteiger partial charge is 0.416 e. The van der Waals surface area contributed by atoms with Gasteiger partial charge in [0.15, 0.2) is 5.82 Å². The van der Waals surface area contributed by atoms with E-state index in [0.29, 0.717) is 17.9 Å². The number of pyridine rings is 1. The summed E-state index contributed by atoms with van der Waals surface area (Å²) >= 11 is 0. The number of aliphatic hydroxyl groups excluding tert-OH is 1. The highest BCUT2D eigenvalue weighted by Crippen LogP contribution is 2.52. The van der Waals surface area contributed by atoms with Crippen molar-refractivity contribution < 1.29 is 18.3 Å². The van der Waals surface area contributed by atoms with Gasteiger partial charge in [0.25, 0.3) is 0 Å². The molecule has 0 bridgehead atoms. The molecule has 8 heteroatoms. The van der Waals surface area contributed by atoms with Crippen molar-refractivity contribution in [3.8, 4) is 5.69 Å². The van der Waals surface area contributed by atoms with Gasteiger partial charge in [-0.25, -0.2) is 9.67 Å². The van der Waals surface area contributed by atoms with Gasteiger partial charge in [0, 0.05) is 6.20 Å². The van der Waals surface area contributed by atoms with Crippen LogP contribution in [0.5, 0.6) is 0 Å². The highest BCUT2D eigenvalue weighted by atomic mass is 19.4. The van der Waals surface area contributed by atoms with E-state index in [4.69, 9.17) is 0 Å². The summed E-state index contributed by atoms with van der Waals surface area (Å²) < 4.78 is 40.2. The zero-order chi connectivity index (χ0) is 19.9. The van der Waals surface area contributed by atoms with E-state index in [9.17, 15) is 18.3 Å². The normalized spacial score (nSPS) is 16.8. The Morgan fingerprint density at radius 1 is 1.14 bits per heavy atom. The Bertz CT molecular complexity index is 963. The molecule has 0 amide bonds. The van der Waals surface area contributed by atoms with Crippen molar-refractivity contribution in [1.82, 2.24) is 19.7 Å². The van der Waals surface area contributed by atoms with E-state index in [1.54, 1.807) is 6.20 Å². The molecule has 1 unspecified atom stereocenters. The molecule has 2 heterocycles. The Hall–Kier alpha value is -2.74. The molecule has 1 atom stereocenters. The molecule has 0 radical (unpaired) electrons. The van der Waals surface area contributed by atoms with Crippen LogP contribution in [0, 0.1) is 0 Å². The quantitative estimate of drug-likeness (QED) is 0.711. The zero-order valence-electron chi connectivity index (χ0n) is 15.2. The summed E-state index contributed by atoms with van der Waals surface area (Å²) in [5, 5.41) is 14.6. The first-order valence-electron chi connectivity index (χ1n) is 9.10. The molecular weight excluding hydrogens is 369 g/mol. The van der Waals surface area contributed by atoms with Gasteiger partial charge in [-0.3, -0.25) is 4.98 Å². The van der Waals surface area contributed by atoms with Crippen LogP contribution in [0.1, 0.15) is 55.2 Å². The zero-order valence-corrected chi connectivity index (χ0v) is 15.2. The van der Waals surface area contributed by atoms with Crippen LogP contribution in [0.15, 0.2) is 48.7 Å². The minimum atomic E-state index is -4.40. The minimum Gasteiger partial charge on any atom is -0.385 e. The van der Waals surface area contributed by atoms with Gasteiger partial charge in [0.2, 0.25) is 0 Å². The van der Waals surface area contributed by atoms with E-state index in [0.717, 1.165) is 30.7 Å². The van der Waals surface area contributed by atoms with Gasteiger partial charge >= 0.3 is 6.18 Å². The molecule has 1 aliphatic carbocycles. The number of aliphatic hydroxyl groups is 1. The molecular formula is C20H19F3N4O. The first-order chi connectivity index (χ1) is 13.3. The molecule has 5 nitrogen and oxygen atoms in total. The molecule has 0 aliphatic heterocycles. The second kappa shape index (κ2) is 6.70. The third kappa shape index (κ3) is 3.17. The van der Waals surface area contributed by atoms with E-state index >= 15 is 0 Å². The standard InChI is InChI=1S/C20H19F3N4O/c1-2-15(28)17-25-18(19(10-11-19)16-5-3-4-12-24-16)27(26-17)14-8-6-13(7-9-14)20(21,22)23/h3-9,12,15,28H,2,10-11H2,1H3. The Morgan fingerprint density at radius 2 is 1.86 bits per heavy atom. The number of halogens is 3. The van der Waals surface area contributed by atoms with Crippen molar-refractivity contribution in [2.75, 3.05) is 0 Å². The number of aromatic nitrogens is 4. The first-order valence-corrected chi connectivity index (χ1v) is 9.10. The maximum atomic E-state index is 12.9. The number of benzene rings is 1. The second-order valence-corrected chi connectivity index (χ2v) is 6.97. The van der Waals surface area contributed by atoms with Crippen LogP contribution in [0.3, 0.4) is 0 Å². The van der Waals surface area contributed by atoms with Crippen LogP contribution in [0.25, 0.3) is 5.69 Å². The summed E-state index contributed by atoms with van der Waals surface area (Å²) in [5.74, 6) is 0.855. The van der Waals surface area contributed by atoms with Crippen molar-refractivity contribution in [3.63, 3.8) is 0 Å². The molecule has 2 aromatic heterocycles. The predicted octanol–water partition coefficient (Wildman–Crippen LogP) is 4.20. The van der Waals surface area contributed by atoms with E-state index < -0.39 is 23.3 Å². The fraction of sp³-hybridized carbons (Fsp3) is 0.350. The van der Waals surface area contributed by atoms with Crippen LogP contribution in [0.2, 0.25) is 0 Å². The number of hydrogen-bond acceptors (Lipinski definition) is 4. The summed E-state index contributed by atoms with van der Waals surface area (Å²) in [6, 6.07) is 10.4. The average Bonchev–Trinajstić information content (AvgIpc) is 3.39. The number of hydrogen-bond donors (Lipinski definition) is 1. The SMILES string of the molecule is CCC(O)c1nc(C2(c3ccccn3)CC2)n(-c2ccc(C(F)(F)F)cc2)n1. The lowest BCUT2D eigenvalue weighted by Crippen LogP contribution is -2.18. The molecule has 1 saturated carbocycles. The third-order valence-electron chi connectivity index (χ3n) is 5.08. The molecule has 1 N–H and O–H groups in total. The van der Waals surface area contributed by atoms with Gasteiger partial charge in [0.05, 0.1) is 22.4 Å². The molecule has 1 aromatic carbocycles. The van der Waals surface area contributed by atoms with Crippen LogP contribution in [-0.2, 0) is 11.6 Å². The van der Waals surface area contributed by atoms with Crippen LogP contribution < -0.4 is 0 Å². The lowest BCUT2D eigenvalue weighted by atomic mass is 10.0. The van der Waals surface area contributed by atoms with Crippen LogP contribution >= 0.6 is 0 Å². The van der Waals surface area contributed by atoms with Crippen molar-refractivity contribution in [2.45, 2.75) is 43.9 Å². The van der Waals surface area contributed by atoms with E-state index in [-0.39, 0.29) is 5.82 Å². The second-order valence-electron chi connectivity index (χ2n) is 6.97. The van der Waals surface area contributed by atoms with Gasteiger partial charge in [0.1, 0.15) is 11.9 Å². The number of nitrogens with zero attached hydrogens (tertiary/aromatic N) is 4. The smallest absolute Gasteiger partial charge is 0.385 e. The lowest BCUT2D eigenvalue weighted by Gasteiger charge is -2.15. The topological polar surface area (TPSA) is 63.8 Å². The molecule has 1 fully saturated rings. The molecule has 0 spiro atoms. The van der Waals surface area contributed by atoms with Gasteiger partial charge in [-0.15, -0.1) is 5.10 Å². The summed E-state index contributed by atoms with van der Waals surface area (Å²) in [6.07, 6.45) is -1.48. The lowest BCUT2D eigenvalue weighted by molar-refractivity contribution is -0.137. The third-order valence-corrected chi connectivity index (χ3v) is 5.08. The maximum Gasteiger partial charge on any atom is 0.416 e. The molecule has 28 heavy (non-hydrogen) atoms. The molecule has 146 valence electrons. The fourth-order valence-electron chi connectivity index (χ4n) is 3.30. The summed E-state index contributed by atoms with van der Waals surface area (Å²) in [4.78, 5) is 9.03. The molecule has 0 saturated heterocycles. The first kappa shape index (κ1) is 18.6. The molecule has 4 rings (SSSR count). The van der Waals surface area contributed by atoms with Crippen LogP contribution in [0.4, 0.5) is 13.2 Å². The maximum absolute atomic E-state index is 12.9. The van der Waals surface area contributed by atoms with Gasteiger partial charge in [-0.05, 0) is 55.7 Å². The number of rotatable bonds is 5. The van der Waals surface area contributed by atoms with E-state index in [2.05, 4.69) is 15.1 Å². The predicted molar refractivity (Wildman–Crippen MR) is 95.9 cm³/mol. The van der Waals surface area contributed by atoms with Gasteiger partial charge < -0.3 is 5.11 Å².